The number of amides is 1. The molecular weight excluding hydrogens is 361 g/mol. The van der Waals surface area contributed by atoms with E-state index in [1.165, 1.54) is 42.5 Å². The minimum absolute atomic E-state index is 0.196. The molecular formula is C17H14FN3O4S. The van der Waals surface area contributed by atoms with Gasteiger partial charge in [-0.15, -0.1) is 0 Å². The van der Waals surface area contributed by atoms with Crippen LogP contribution in [-0.2, 0) is 10.0 Å². The van der Waals surface area contributed by atoms with E-state index >= 15 is 0 Å². The molecule has 0 spiro atoms. The molecule has 1 amide bonds. The van der Waals surface area contributed by atoms with Gasteiger partial charge < -0.3 is 9.84 Å². The molecule has 0 unspecified atom stereocenters. The van der Waals surface area contributed by atoms with Gasteiger partial charge in [0.25, 0.3) is 15.9 Å². The first-order chi connectivity index (χ1) is 12.3. The highest BCUT2D eigenvalue weighted by molar-refractivity contribution is 7.92. The molecule has 0 aliphatic rings. The van der Waals surface area contributed by atoms with Gasteiger partial charge in [-0.1, -0.05) is 17.3 Å². The smallest absolute Gasteiger partial charge is 0.264 e. The fraction of sp³-hybridized carbons (Fsp3) is 0.0588. The van der Waals surface area contributed by atoms with Crippen molar-refractivity contribution in [1.82, 2.24) is 5.16 Å². The third kappa shape index (κ3) is 3.89. The third-order valence-corrected chi connectivity index (χ3v) is 4.81. The van der Waals surface area contributed by atoms with Crippen LogP contribution < -0.4 is 10.0 Å². The first-order valence-corrected chi connectivity index (χ1v) is 8.95. The largest absolute Gasteiger partial charge is 0.360 e. The van der Waals surface area contributed by atoms with Crippen molar-refractivity contribution in [3.63, 3.8) is 0 Å². The number of benzene rings is 2. The first-order valence-electron chi connectivity index (χ1n) is 7.47. The number of carbonyl (C=O) groups is 1. The first kappa shape index (κ1) is 17.6. The van der Waals surface area contributed by atoms with Gasteiger partial charge in [-0.05, 0) is 43.3 Å². The Bertz CT molecular complexity index is 1050. The summed E-state index contributed by atoms with van der Waals surface area (Å²) in [6.45, 7) is 1.69. The molecule has 0 saturated carbocycles. The number of hydrogen-bond donors (Lipinski definition) is 2. The van der Waals surface area contributed by atoms with Crippen molar-refractivity contribution < 1.29 is 22.1 Å². The van der Waals surface area contributed by atoms with Crippen molar-refractivity contribution in [3.05, 3.63) is 71.7 Å². The number of aryl methyl sites for hydroxylation is 1. The average molecular weight is 375 g/mol. The van der Waals surface area contributed by atoms with E-state index in [1.807, 2.05) is 0 Å². The van der Waals surface area contributed by atoms with Crippen molar-refractivity contribution in [2.45, 2.75) is 11.8 Å². The van der Waals surface area contributed by atoms with E-state index in [0.29, 0.717) is 11.3 Å². The summed E-state index contributed by atoms with van der Waals surface area (Å²) in [5, 5.41) is 6.20. The lowest BCUT2D eigenvalue weighted by atomic mass is 10.2. The third-order valence-electron chi connectivity index (χ3n) is 3.40. The monoisotopic (exact) mass is 375 g/mol. The lowest BCUT2D eigenvalue weighted by Gasteiger charge is -2.09. The fourth-order valence-corrected chi connectivity index (χ4v) is 3.32. The summed E-state index contributed by atoms with van der Waals surface area (Å²) in [5.41, 5.74) is 0.488. The SMILES string of the molecule is Cc1cc(NC(=O)c2ccc(NS(=O)(=O)c3ccccc3F)cc2)no1. The molecule has 1 heterocycles. The van der Waals surface area contributed by atoms with Gasteiger partial charge in [0.2, 0.25) is 0 Å². The molecule has 3 aromatic rings. The van der Waals surface area contributed by atoms with E-state index in [1.54, 1.807) is 13.0 Å². The molecule has 7 nitrogen and oxygen atoms in total. The van der Waals surface area contributed by atoms with Crippen LogP contribution in [0.1, 0.15) is 16.1 Å². The lowest BCUT2D eigenvalue weighted by molar-refractivity contribution is 0.102. The summed E-state index contributed by atoms with van der Waals surface area (Å²) in [6.07, 6.45) is 0. The lowest BCUT2D eigenvalue weighted by Crippen LogP contribution is -2.15. The van der Waals surface area contributed by atoms with Crippen LogP contribution in [0.3, 0.4) is 0 Å². The number of anilines is 2. The Morgan fingerprint density at radius 2 is 1.81 bits per heavy atom. The number of sulfonamides is 1. The van der Waals surface area contributed by atoms with Crippen LogP contribution in [-0.4, -0.2) is 19.5 Å². The maximum Gasteiger partial charge on any atom is 0.264 e. The second-order valence-corrected chi connectivity index (χ2v) is 7.04. The number of halogens is 1. The molecule has 134 valence electrons. The Morgan fingerprint density at radius 3 is 2.42 bits per heavy atom. The van der Waals surface area contributed by atoms with Crippen LogP contribution in [0.25, 0.3) is 0 Å². The number of rotatable bonds is 5. The number of carbonyl (C=O) groups excluding carboxylic acids is 1. The van der Waals surface area contributed by atoms with Gasteiger partial charge in [0.05, 0.1) is 0 Å². The molecule has 0 atom stereocenters. The average Bonchev–Trinajstić information content (AvgIpc) is 3.00. The fourth-order valence-electron chi connectivity index (χ4n) is 2.18. The van der Waals surface area contributed by atoms with E-state index < -0.39 is 26.6 Å². The van der Waals surface area contributed by atoms with Gasteiger partial charge in [-0.3, -0.25) is 9.52 Å². The molecule has 0 saturated heterocycles. The maximum atomic E-state index is 13.7. The van der Waals surface area contributed by atoms with Gasteiger partial charge in [0, 0.05) is 17.3 Å². The van der Waals surface area contributed by atoms with Crippen molar-refractivity contribution in [2.24, 2.45) is 0 Å². The van der Waals surface area contributed by atoms with Crippen molar-refractivity contribution in [2.75, 3.05) is 10.0 Å². The zero-order chi connectivity index (χ0) is 18.7. The molecule has 1 aromatic heterocycles. The summed E-state index contributed by atoms with van der Waals surface area (Å²) in [5.74, 6) is -0.448. The highest BCUT2D eigenvalue weighted by Crippen LogP contribution is 2.19. The van der Waals surface area contributed by atoms with Crippen LogP contribution in [0.4, 0.5) is 15.9 Å². The molecule has 0 aliphatic heterocycles. The number of nitrogens with zero attached hydrogens (tertiary/aromatic N) is 1. The Kier molecular flexibility index (Phi) is 4.72. The molecule has 26 heavy (non-hydrogen) atoms. The Balaban J connectivity index is 1.73. The predicted octanol–water partition coefficient (Wildman–Crippen LogP) is 3.18. The molecule has 0 bridgehead atoms. The van der Waals surface area contributed by atoms with Crippen LogP contribution in [0.5, 0.6) is 0 Å². The van der Waals surface area contributed by atoms with E-state index in [9.17, 15) is 17.6 Å². The maximum absolute atomic E-state index is 13.7. The standard InChI is InChI=1S/C17H14FN3O4S/c1-11-10-16(20-25-11)19-17(22)12-6-8-13(9-7-12)21-26(23,24)15-5-3-2-4-14(15)18/h2-10,21H,1H3,(H,19,20,22). The molecule has 2 N–H and O–H groups in total. The Morgan fingerprint density at radius 1 is 1.12 bits per heavy atom. The summed E-state index contributed by atoms with van der Waals surface area (Å²) < 4.78 is 45.3. The molecule has 0 radical (unpaired) electrons. The van der Waals surface area contributed by atoms with Crippen LogP contribution in [0.15, 0.2) is 64.0 Å². The molecule has 9 heteroatoms. The minimum atomic E-state index is -4.07. The number of aromatic nitrogens is 1. The topological polar surface area (TPSA) is 101 Å². The molecule has 3 rings (SSSR count). The second kappa shape index (κ2) is 6.96. The van der Waals surface area contributed by atoms with Gasteiger partial charge >= 0.3 is 0 Å². The molecule has 0 fully saturated rings. The number of nitrogens with one attached hydrogen (secondary N) is 2. The summed E-state index contributed by atoms with van der Waals surface area (Å²) in [6, 6.07) is 12.3. The minimum Gasteiger partial charge on any atom is -0.360 e. The van der Waals surface area contributed by atoms with Crippen LogP contribution in [0.2, 0.25) is 0 Å². The number of hydrogen-bond acceptors (Lipinski definition) is 5. The highest BCUT2D eigenvalue weighted by Gasteiger charge is 2.18. The zero-order valence-electron chi connectivity index (χ0n) is 13.6. The van der Waals surface area contributed by atoms with Crippen LogP contribution in [0, 0.1) is 12.7 Å². The summed E-state index contributed by atoms with van der Waals surface area (Å²) in [4.78, 5) is 11.6. The molecule has 0 aliphatic carbocycles. The Hall–Kier alpha value is -3.20. The normalized spacial score (nSPS) is 11.2. The van der Waals surface area contributed by atoms with Crippen LogP contribution >= 0.6 is 0 Å². The summed E-state index contributed by atoms with van der Waals surface area (Å²) >= 11 is 0. The quantitative estimate of drug-likeness (QED) is 0.713. The predicted molar refractivity (Wildman–Crippen MR) is 92.8 cm³/mol. The van der Waals surface area contributed by atoms with Gasteiger partial charge in [0.1, 0.15) is 16.5 Å². The van der Waals surface area contributed by atoms with E-state index in [0.717, 1.165) is 6.07 Å². The van der Waals surface area contributed by atoms with Gasteiger partial charge in [-0.25, -0.2) is 12.8 Å². The molecule has 2 aromatic carbocycles. The van der Waals surface area contributed by atoms with Crippen molar-refractivity contribution >= 4 is 27.4 Å². The van der Waals surface area contributed by atoms with E-state index in [-0.39, 0.29) is 11.5 Å². The van der Waals surface area contributed by atoms with E-state index in [4.69, 9.17) is 4.52 Å². The summed E-state index contributed by atoms with van der Waals surface area (Å²) in [7, 11) is -4.07. The Labute approximate surface area is 148 Å². The van der Waals surface area contributed by atoms with E-state index in [2.05, 4.69) is 15.2 Å². The zero-order valence-corrected chi connectivity index (χ0v) is 14.4. The van der Waals surface area contributed by atoms with Gasteiger partial charge in [0.15, 0.2) is 5.82 Å². The van der Waals surface area contributed by atoms with Crippen molar-refractivity contribution in [1.29, 1.82) is 0 Å². The van der Waals surface area contributed by atoms with Crippen molar-refractivity contribution in [3.8, 4) is 0 Å². The van der Waals surface area contributed by atoms with Gasteiger partial charge in [-0.2, -0.15) is 0 Å². The highest BCUT2D eigenvalue weighted by atomic mass is 32.2. The second-order valence-electron chi connectivity index (χ2n) is 5.39.